The van der Waals surface area contributed by atoms with Crippen molar-refractivity contribution in [2.24, 2.45) is 0 Å². The molecule has 0 bridgehead atoms. The average Bonchev–Trinajstić information content (AvgIpc) is 2.26. The number of anilines is 1. The second kappa shape index (κ2) is 8.57. The second-order valence-corrected chi connectivity index (χ2v) is 3.32. The molecule has 1 aromatic rings. The first-order valence-corrected chi connectivity index (χ1v) is 5.38. The maximum absolute atomic E-state index is 3.40. The minimum atomic E-state index is 0. The van der Waals surface area contributed by atoms with E-state index in [1.165, 1.54) is 5.69 Å². The van der Waals surface area contributed by atoms with Crippen molar-refractivity contribution in [1.82, 2.24) is 4.90 Å². The second-order valence-electron chi connectivity index (χ2n) is 3.32. The van der Waals surface area contributed by atoms with E-state index in [4.69, 9.17) is 0 Å². The van der Waals surface area contributed by atoms with Crippen LogP contribution in [0.3, 0.4) is 0 Å². The maximum atomic E-state index is 3.40. The van der Waals surface area contributed by atoms with Gasteiger partial charge in [0.1, 0.15) is 0 Å². The van der Waals surface area contributed by atoms with Crippen LogP contribution in [0.25, 0.3) is 0 Å². The molecule has 3 heteroatoms. The summed E-state index contributed by atoms with van der Waals surface area (Å²) in [7, 11) is 0. The van der Waals surface area contributed by atoms with E-state index >= 15 is 0 Å². The Kier molecular flexibility index (Phi) is 8.15. The Morgan fingerprint density at radius 2 is 1.67 bits per heavy atom. The first-order valence-electron chi connectivity index (χ1n) is 5.38. The number of halogens is 1. The van der Waals surface area contributed by atoms with Crippen LogP contribution in [0.5, 0.6) is 0 Å². The van der Waals surface area contributed by atoms with Gasteiger partial charge in [-0.15, -0.1) is 12.4 Å². The molecule has 1 N–H and O–H groups in total. The normalized spacial score (nSPS) is 9.80. The Balaban J connectivity index is 0.00000196. The van der Waals surface area contributed by atoms with Gasteiger partial charge < -0.3 is 10.2 Å². The summed E-state index contributed by atoms with van der Waals surface area (Å²) in [5.74, 6) is 0. The van der Waals surface area contributed by atoms with Gasteiger partial charge >= 0.3 is 0 Å². The third-order valence-electron chi connectivity index (χ3n) is 2.43. The highest BCUT2D eigenvalue weighted by molar-refractivity contribution is 5.85. The minimum Gasteiger partial charge on any atom is -0.384 e. The number of likely N-dealkylation sites (N-methyl/N-ethyl adjacent to an activating group) is 1. The molecule has 1 aromatic carbocycles. The van der Waals surface area contributed by atoms with Crippen molar-refractivity contribution in [2.45, 2.75) is 13.8 Å². The molecule has 15 heavy (non-hydrogen) atoms. The zero-order valence-electron chi connectivity index (χ0n) is 9.57. The summed E-state index contributed by atoms with van der Waals surface area (Å²) >= 11 is 0. The predicted octanol–water partition coefficient (Wildman–Crippen LogP) is 2.86. The lowest BCUT2D eigenvalue weighted by atomic mass is 10.3. The van der Waals surface area contributed by atoms with Gasteiger partial charge in [0.15, 0.2) is 0 Å². The Labute approximate surface area is 99.1 Å². The molecule has 0 aliphatic rings. The molecule has 0 radical (unpaired) electrons. The van der Waals surface area contributed by atoms with Crippen molar-refractivity contribution < 1.29 is 0 Å². The highest BCUT2D eigenvalue weighted by Crippen LogP contribution is 2.03. The highest BCUT2D eigenvalue weighted by atomic mass is 35.5. The summed E-state index contributed by atoms with van der Waals surface area (Å²) in [6.07, 6.45) is 0. The molecule has 0 saturated carbocycles. The lowest BCUT2D eigenvalue weighted by Crippen LogP contribution is -2.28. The minimum absolute atomic E-state index is 0. The average molecular weight is 229 g/mol. The van der Waals surface area contributed by atoms with Gasteiger partial charge in [0, 0.05) is 18.8 Å². The van der Waals surface area contributed by atoms with Gasteiger partial charge in [0.05, 0.1) is 0 Å². The van der Waals surface area contributed by atoms with Gasteiger partial charge in [-0.1, -0.05) is 32.0 Å². The third kappa shape index (κ3) is 5.65. The van der Waals surface area contributed by atoms with Gasteiger partial charge in [-0.2, -0.15) is 0 Å². The Hall–Kier alpha value is -0.730. The highest BCUT2D eigenvalue weighted by Gasteiger charge is 1.97. The first kappa shape index (κ1) is 14.3. The van der Waals surface area contributed by atoms with E-state index in [9.17, 15) is 0 Å². The topological polar surface area (TPSA) is 15.3 Å². The van der Waals surface area contributed by atoms with Crippen LogP contribution in [0.2, 0.25) is 0 Å². The lowest BCUT2D eigenvalue weighted by molar-refractivity contribution is 0.316. The molecule has 0 unspecified atom stereocenters. The van der Waals surface area contributed by atoms with Crippen LogP contribution in [-0.4, -0.2) is 31.1 Å². The van der Waals surface area contributed by atoms with Crippen LogP contribution in [0.4, 0.5) is 5.69 Å². The summed E-state index contributed by atoms with van der Waals surface area (Å²) in [4.78, 5) is 2.41. The number of nitrogens with one attached hydrogen (secondary N) is 1. The monoisotopic (exact) mass is 228 g/mol. The smallest absolute Gasteiger partial charge is 0.0340 e. The molecule has 0 amide bonds. The first-order chi connectivity index (χ1) is 6.86. The molecular weight excluding hydrogens is 208 g/mol. The Morgan fingerprint density at radius 3 is 2.20 bits per heavy atom. The van der Waals surface area contributed by atoms with E-state index in [-0.39, 0.29) is 12.4 Å². The molecule has 0 atom stereocenters. The fraction of sp³-hybridized carbons (Fsp3) is 0.500. The Morgan fingerprint density at radius 1 is 1.07 bits per heavy atom. The molecule has 1 rings (SSSR count). The zero-order chi connectivity index (χ0) is 10.2. The molecular formula is C12H21ClN2. The molecule has 0 saturated heterocycles. The molecule has 0 heterocycles. The number of benzene rings is 1. The van der Waals surface area contributed by atoms with Crippen molar-refractivity contribution in [2.75, 3.05) is 31.5 Å². The van der Waals surface area contributed by atoms with Crippen LogP contribution >= 0.6 is 12.4 Å². The zero-order valence-corrected chi connectivity index (χ0v) is 10.4. The number of hydrogen-bond donors (Lipinski definition) is 1. The summed E-state index contributed by atoms with van der Waals surface area (Å²) in [5.41, 5.74) is 1.21. The fourth-order valence-corrected chi connectivity index (χ4v) is 1.45. The SMILES string of the molecule is CCN(CC)CCNc1ccccc1.Cl. The van der Waals surface area contributed by atoms with E-state index < -0.39 is 0 Å². The van der Waals surface area contributed by atoms with Crippen molar-refractivity contribution >= 4 is 18.1 Å². The molecule has 0 aliphatic carbocycles. The van der Waals surface area contributed by atoms with Gasteiger partial charge in [0.25, 0.3) is 0 Å². The van der Waals surface area contributed by atoms with Gasteiger partial charge in [-0.25, -0.2) is 0 Å². The molecule has 0 aromatic heterocycles. The summed E-state index contributed by atoms with van der Waals surface area (Å²) in [6.45, 7) is 8.80. The van der Waals surface area contributed by atoms with Crippen LogP contribution in [0, 0.1) is 0 Å². The van der Waals surface area contributed by atoms with Gasteiger partial charge in [-0.3, -0.25) is 0 Å². The summed E-state index contributed by atoms with van der Waals surface area (Å²) in [6, 6.07) is 10.3. The van der Waals surface area contributed by atoms with Gasteiger partial charge in [0.2, 0.25) is 0 Å². The number of rotatable bonds is 6. The standard InChI is InChI=1S/C12H20N2.ClH/c1-3-14(4-2)11-10-13-12-8-6-5-7-9-12;/h5-9,13H,3-4,10-11H2,1-2H3;1H. The van der Waals surface area contributed by atoms with Crippen molar-refractivity contribution in [1.29, 1.82) is 0 Å². The molecule has 0 spiro atoms. The predicted molar refractivity (Wildman–Crippen MR) is 70.0 cm³/mol. The van der Waals surface area contributed by atoms with Crippen molar-refractivity contribution in [3.05, 3.63) is 30.3 Å². The quantitative estimate of drug-likeness (QED) is 0.806. The van der Waals surface area contributed by atoms with Crippen LogP contribution < -0.4 is 5.32 Å². The van der Waals surface area contributed by atoms with E-state index in [1.54, 1.807) is 0 Å². The molecule has 86 valence electrons. The van der Waals surface area contributed by atoms with E-state index in [2.05, 4.69) is 48.3 Å². The van der Waals surface area contributed by atoms with E-state index in [0.717, 1.165) is 26.2 Å². The molecule has 0 aliphatic heterocycles. The number of nitrogens with zero attached hydrogens (tertiary/aromatic N) is 1. The van der Waals surface area contributed by atoms with Gasteiger partial charge in [-0.05, 0) is 25.2 Å². The Bertz CT molecular complexity index is 235. The van der Waals surface area contributed by atoms with E-state index in [0.29, 0.717) is 0 Å². The maximum Gasteiger partial charge on any atom is 0.0340 e. The lowest BCUT2D eigenvalue weighted by Gasteiger charge is -2.18. The largest absolute Gasteiger partial charge is 0.384 e. The fourth-order valence-electron chi connectivity index (χ4n) is 1.45. The van der Waals surface area contributed by atoms with E-state index in [1.807, 2.05) is 6.07 Å². The molecule has 2 nitrogen and oxygen atoms in total. The summed E-state index contributed by atoms with van der Waals surface area (Å²) in [5, 5.41) is 3.40. The van der Waals surface area contributed by atoms with Crippen molar-refractivity contribution in [3.8, 4) is 0 Å². The number of hydrogen-bond acceptors (Lipinski definition) is 2. The van der Waals surface area contributed by atoms with Crippen LogP contribution in [-0.2, 0) is 0 Å². The third-order valence-corrected chi connectivity index (χ3v) is 2.43. The molecule has 0 fully saturated rings. The number of para-hydroxylation sites is 1. The van der Waals surface area contributed by atoms with Crippen LogP contribution in [0.1, 0.15) is 13.8 Å². The summed E-state index contributed by atoms with van der Waals surface area (Å²) < 4.78 is 0. The van der Waals surface area contributed by atoms with Crippen LogP contribution in [0.15, 0.2) is 30.3 Å². The van der Waals surface area contributed by atoms with Crippen molar-refractivity contribution in [3.63, 3.8) is 0 Å².